The minimum atomic E-state index is -4.14. The number of hydrogen-bond acceptors (Lipinski definition) is 8. The molecule has 3 aromatic heterocycles. The highest BCUT2D eigenvalue weighted by atomic mass is 32.2. The number of nitrogens with zero attached hydrogens (tertiary/aromatic N) is 6. The van der Waals surface area contributed by atoms with E-state index >= 15 is 0 Å². The predicted molar refractivity (Wildman–Crippen MR) is 219 cm³/mol. The van der Waals surface area contributed by atoms with Crippen LogP contribution in [0.2, 0.25) is 0 Å². The lowest BCUT2D eigenvalue weighted by molar-refractivity contribution is -0.148. The van der Waals surface area contributed by atoms with Crippen LogP contribution in [0.4, 0.5) is 0 Å². The van der Waals surface area contributed by atoms with E-state index in [1.165, 1.54) is 22.7 Å². The second kappa shape index (κ2) is 18.1. The summed E-state index contributed by atoms with van der Waals surface area (Å²) in [4.78, 5) is 29.8. The fourth-order valence-corrected chi connectivity index (χ4v) is 8.60. The van der Waals surface area contributed by atoms with Crippen LogP contribution in [0.15, 0.2) is 102 Å². The molecule has 288 valence electrons. The predicted octanol–water partition coefficient (Wildman–Crippen LogP) is 7.70. The van der Waals surface area contributed by atoms with Crippen molar-refractivity contribution in [2.45, 2.75) is 71.4 Å². The number of carbonyl (C=O) groups is 1. The molecule has 0 N–H and O–H groups in total. The average Bonchev–Trinajstić information content (AvgIpc) is 3.81. The molecule has 2 aromatic carbocycles. The Morgan fingerprint density at radius 3 is 2.42 bits per heavy atom. The number of rotatable bonds is 16. The second-order valence-corrected chi connectivity index (χ2v) is 16.5. The van der Waals surface area contributed by atoms with Gasteiger partial charge in [0.05, 0.1) is 34.6 Å². The van der Waals surface area contributed by atoms with E-state index in [1.807, 2.05) is 63.2 Å². The SMILES string of the molecule is CCOC(=O)[C@H](CC(C)C)N(C/C=C/c1cccc(/C(=C/CN2CCCC2)c2ccc(C)cc2)n1)S(=O)(=O)c1ccc(Cn2c(C)nc3cnccc32)cc1. The Morgan fingerprint density at radius 1 is 0.964 bits per heavy atom. The van der Waals surface area contributed by atoms with E-state index in [1.54, 1.807) is 37.5 Å². The molecule has 1 aliphatic heterocycles. The monoisotopic (exact) mass is 760 g/mol. The van der Waals surface area contributed by atoms with Crippen LogP contribution in [-0.2, 0) is 26.1 Å². The highest BCUT2D eigenvalue weighted by Crippen LogP contribution is 2.26. The number of fused-ring (bicyclic) bond motifs is 1. The van der Waals surface area contributed by atoms with Crippen LogP contribution in [0.5, 0.6) is 0 Å². The molecule has 1 fully saturated rings. The number of imidazole rings is 1. The van der Waals surface area contributed by atoms with Crippen molar-refractivity contribution in [2.75, 3.05) is 32.8 Å². The number of pyridine rings is 2. The van der Waals surface area contributed by atoms with Crippen molar-refractivity contribution in [3.63, 3.8) is 0 Å². The molecule has 1 saturated heterocycles. The molecule has 5 aromatic rings. The largest absolute Gasteiger partial charge is 0.465 e. The van der Waals surface area contributed by atoms with Gasteiger partial charge in [0.15, 0.2) is 0 Å². The lowest BCUT2D eigenvalue weighted by Gasteiger charge is -2.29. The summed E-state index contributed by atoms with van der Waals surface area (Å²) in [5.41, 5.74) is 7.55. The first kappa shape index (κ1) is 39.7. The van der Waals surface area contributed by atoms with Crippen LogP contribution < -0.4 is 0 Å². The van der Waals surface area contributed by atoms with Gasteiger partial charge in [-0.25, -0.2) is 18.4 Å². The molecule has 55 heavy (non-hydrogen) atoms. The van der Waals surface area contributed by atoms with Gasteiger partial charge in [-0.3, -0.25) is 14.7 Å². The number of aromatic nitrogens is 4. The number of aryl methyl sites for hydroxylation is 2. The van der Waals surface area contributed by atoms with Gasteiger partial charge in [-0.15, -0.1) is 0 Å². The Morgan fingerprint density at radius 2 is 1.71 bits per heavy atom. The highest BCUT2D eigenvalue weighted by molar-refractivity contribution is 7.89. The Hall–Kier alpha value is -4.97. The van der Waals surface area contributed by atoms with E-state index in [0.717, 1.165) is 58.9 Å². The van der Waals surface area contributed by atoms with Crippen molar-refractivity contribution < 1.29 is 17.9 Å². The van der Waals surface area contributed by atoms with Gasteiger partial charge >= 0.3 is 5.97 Å². The van der Waals surface area contributed by atoms with Crippen LogP contribution in [-0.4, -0.2) is 81.9 Å². The lowest BCUT2D eigenvalue weighted by atomic mass is 10.00. The maximum Gasteiger partial charge on any atom is 0.324 e. The maximum absolute atomic E-state index is 14.5. The number of hydrogen-bond donors (Lipinski definition) is 0. The van der Waals surface area contributed by atoms with Crippen LogP contribution in [0.25, 0.3) is 22.7 Å². The van der Waals surface area contributed by atoms with Crippen LogP contribution in [0, 0.1) is 19.8 Å². The topological polar surface area (TPSA) is 111 Å². The minimum Gasteiger partial charge on any atom is -0.465 e. The quantitative estimate of drug-likeness (QED) is 0.0942. The lowest BCUT2D eigenvalue weighted by Crippen LogP contribution is -2.46. The molecule has 1 aliphatic rings. The zero-order valence-electron chi connectivity index (χ0n) is 32.6. The number of sulfonamides is 1. The van der Waals surface area contributed by atoms with Crippen molar-refractivity contribution in [3.05, 3.63) is 131 Å². The molecule has 6 rings (SSSR count). The van der Waals surface area contributed by atoms with Crippen LogP contribution in [0.3, 0.4) is 0 Å². The molecule has 0 spiro atoms. The summed E-state index contributed by atoms with van der Waals surface area (Å²) in [7, 11) is -4.14. The van der Waals surface area contributed by atoms with E-state index in [0.29, 0.717) is 18.7 Å². The number of esters is 1. The normalized spacial score (nSPS) is 14.8. The third-order valence-electron chi connectivity index (χ3n) is 9.95. The fourth-order valence-electron chi connectivity index (χ4n) is 7.06. The Balaban J connectivity index is 1.28. The summed E-state index contributed by atoms with van der Waals surface area (Å²) < 4.78 is 37.8. The van der Waals surface area contributed by atoms with E-state index in [9.17, 15) is 13.2 Å². The summed E-state index contributed by atoms with van der Waals surface area (Å²) in [6.45, 7) is 13.4. The summed E-state index contributed by atoms with van der Waals surface area (Å²) in [6, 6.07) is 22.1. The van der Waals surface area contributed by atoms with Crippen LogP contribution in [0.1, 0.15) is 73.9 Å². The molecule has 4 heterocycles. The second-order valence-electron chi connectivity index (χ2n) is 14.6. The number of likely N-dealkylation sites (tertiary alicyclic amines) is 1. The van der Waals surface area contributed by atoms with Crippen molar-refractivity contribution in [3.8, 4) is 0 Å². The Bertz CT molecular complexity index is 2240. The minimum absolute atomic E-state index is 0.0350. The van der Waals surface area contributed by atoms with Gasteiger partial charge in [-0.1, -0.05) is 74.0 Å². The third kappa shape index (κ3) is 9.83. The first-order valence-electron chi connectivity index (χ1n) is 19.2. The highest BCUT2D eigenvalue weighted by Gasteiger charge is 2.36. The van der Waals surface area contributed by atoms with E-state index in [-0.39, 0.29) is 24.0 Å². The maximum atomic E-state index is 14.5. The molecule has 0 aliphatic carbocycles. The summed E-state index contributed by atoms with van der Waals surface area (Å²) in [5, 5.41) is 0. The van der Waals surface area contributed by atoms with E-state index in [4.69, 9.17) is 9.72 Å². The molecule has 0 bridgehead atoms. The first-order valence-corrected chi connectivity index (χ1v) is 20.6. The van der Waals surface area contributed by atoms with Gasteiger partial charge in [-0.05, 0) is 107 Å². The third-order valence-corrected chi connectivity index (χ3v) is 11.8. The van der Waals surface area contributed by atoms with Gasteiger partial charge in [0, 0.05) is 31.4 Å². The van der Waals surface area contributed by atoms with Gasteiger partial charge in [-0.2, -0.15) is 4.31 Å². The van der Waals surface area contributed by atoms with Crippen molar-refractivity contribution in [1.82, 2.24) is 28.7 Å². The van der Waals surface area contributed by atoms with Gasteiger partial charge in [0.1, 0.15) is 17.4 Å². The molecule has 10 nitrogen and oxygen atoms in total. The first-order chi connectivity index (χ1) is 26.5. The van der Waals surface area contributed by atoms with Gasteiger partial charge in [0.25, 0.3) is 0 Å². The molecule has 11 heteroatoms. The zero-order valence-corrected chi connectivity index (χ0v) is 33.4. The summed E-state index contributed by atoms with van der Waals surface area (Å²) in [6.07, 6.45) is 12.1. The van der Waals surface area contributed by atoms with Crippen LogP contribution >= 0.6 is 0 Å². The van der Waals surface area contributed by atoms with Gasteiger partial charge in [0.2, 0.25) is 10.0 Å². The molecule has 0 unspecified atom stereocenters. The summed E-state index contributed by atoms with van der Waals surface area (Å²) >= 11 is 0. The zero-order chi connectivity index (χ0) is 39.0. The molecular formula is C44H52N6O4S. The van der Waals surface area contributed by atoms with Gasteiger partial charge < -0.3 is 9.30 Å². The molecule has 0 amide bonds. The standard InChI is InChI=1S/C44H52N6O4S/c1-6-54-44(51)43(29-32(2)3)50(55(52,53)38-20-16-35(17-21-38)31-49-34(5)46-41-30-45-24-22-42(41)49)27-10-12-37-11-9-13-40(47-37)39(23-28-48-25-7-8-26-48)36-18-14-33(4)15-19-36/h9-24,30,32,43H,6-8,25-29,31H2,1-5H3/b12-10+,39-23+/t43-/m0/s1. The molecule has 1 atom stereocenters. The van der Waals surface area contributed by atoms with E-state index < -0.39 is 22.0 Å². The molecule has 0 saturated carbocycles. The Kier molecular flexibility index (Phi) is 13.1. The average molecular weight is 761 g/mol. The number of ether oxygens (including phenoxy) is 1. The van der Waals surface area contributed by atoms with E-state index in [2.05, 4.69) is 56.7 Å². The van der Waals surface area contributed by atoms with Crippen molar-refractivity contribution >= 4 is 38.7 Å². The number of benzene rings is 2. The van der Waals surface area contributed by atoms with Crippen molar-refractivity contribution in [2.24, 2.45) is 5.92 Å². The molecular weight excluding hydrogens is 709 g/mol. The smallest absolute Gasteiger partial charge is 0.324 e. The fraction of sp³-hybridized carbons (Fsp3) is 0.364. The Labute approximate surface area is 325 Å². The molecule has 0 radical (unpaired) electrons. The van der Waals surface area contributed by atoms with Crippen molar-refractivity contribution in [1.29, 1.82) is 0 Å². The number of carbonyl (C=O) groups excluding carboxylic acids is 1. The summed E-state index contributed by atoms with van der Waals surface area (Å²) in [5.74, 6) is 0.314.